The highest BCUT2D eigenvalue weighted by molar-refractivity contribution is 5.98. The van der Waals surface area contributed by atoms with Crippen LogP contribution in [-0.4, -0.2) is 20.2 Å². The molecule has 0 N–H and O–H groups in total. The van der Waals surface area contributed by atoms with Crippen molar-refractivity contribution in [3.8, 4) is 5.75 Å². The second-order valence-electron chi connectivity index (χ2n) is 4.53. The molecule has 1 fully saturated rings. The molecule has 0 aliphatic carbocycles. The van der Waals surface area contributed by atoms with E-state index in [1.165, 1.54) is 42.4 Å². The van der Waals surface area contributed by atoms with Crippen molar-refractivity contribution >= 4 is 16.5 Å². The van der Waals surface area contributed by atoms with E-state index in [-0.39, 0.29) is 0 Å². The minimum atomic E-state index is 0.962. The van der Waals surface area contributed by atoms with Gasteiger partial charge in [0, 0.05) is 29.5 Å². The number of hydrogen-bond donors (Lipinski definition) is 0. The number of benzene rings is 2. The number of hydrogen-bond acceptors (Lipinski definition) is 2. The van der Waals surface area contributed by atoms with Crippen molar-refractivity contribution in [2.75, 3.05) is 25.1 Å². The molecule has 2 aromatic carbocycles. The maximum atomic E-state index is 5.43. The van der Waals surface area contributed by atoms with Gasteiger partial charge in [0.1, 0.15) is 5.75 Å². The lowest BCUT2D eigenvalue weighted by Crippen LogP contribution is -2.17. The van der Waals surface area contributed by atoms with E-state index in [1.807, 2.05) is 6.07 Å². The predicted octanol–water partition coefficient (Wildman–Crippen LogP) is 3.45. The molecule has 2 heteroatoms. The van der Waals surface area contributed by atoms with Gasteiger partial charge in [-0.05, 0) is 25.0 Å². The Bertz CT molecular complexity index is 529. The summed E-state index contributed by atoms with van der Waals surface area (Å²) in [6, 6.07) is 12.8. The highest BCUT2D eigenvalue weighted by Gasteiger charge is 2.15. The van der Waals surface area contributed by atoms with Gasteiger partial charge in [-0.3, -0.25) is 0 Å². The van der Waals surface area contributed by atoms with Gasteiger partial charge in [0.05, 0.1) is 7.11 Å². The number of methoxy groups -OCH3 is 1. The van der Waals surface area contributed by atoms with Gasteiger partial charge in [-0.2, -0.15) is 0 Å². The maximum absolute atomic E-state index is 5.43. The summed E-state index contributed by atoms with van der Waals surface area (Å²) in [4.78, 5) is 2.47. The van der Waals surface area contributed by atoms with E-state index in [4.69, 9.17) is 4.74 Å². The second kappa shape index (κ2) is 4.28. The lowest BCUT2D eigenvalue weighted by atomic mass is 10.1. The quantitative estimate of drug-likeness (QED) is 0.779. The fourth-order valence-electron chi connectivity index (χ4n) is 2.68. The first-order valence-electron chi connectivity index (χ1n) is 6.21. The largest absolute Gasteiger partial charge is 0.496 e. The molecular formula is C15H17NO. The van der Waals surface area contributed by atoms with Crippen LogP contribution in [0.25, 0.3) is 10.8 Å². The predicted molar refractivity (Wildman–Crippen MR) is 71.9 cm³/mol. The molecule has 88 valence electrons. The smallest absolute Gasteiger partial charge is 0.126 e. The summed E-state index contributed by atoms with van der Waals surface area (Å²) >= 11 is 0. The van der Waals surface area contributed by atoms with Crippen LogP contribution in [-0.2, 0) is 0 Å². The van der Waals surface area contributed by atoms with Gasteiger partial charge in [-0.15, -0.1) is 0 Å². The molecule has 0 unspecified atom stereocenters. The van der Waals surface area contributed by atoms with Crippen LogP contribution in [0, 0.1) is 0 Å². The normalized spacial score (nSPS) is 15.5. The zero-order valence-electron chi connectivity index (χ0n) is 10.1. The monoisotopic (exact) mass is 227 g/mol. The third-order valence-corrected chi connectivity index (χ3v) is 3.53. The standard InChI is InChI=1S/C15H17NO/c1-17-15-9-5-6-12-13(15)7-4-8-14(12)16-10-2-3-11-16/h4-9H,2-3,10-11H2,1H3. The molecule has 1 aliphatic rings. The van der Waals surface area contributed by atoms with Crippen LogP contribution >= 0.6 is 0 Å². The van der Waals surface area contributed by atoms with Gasteiger partial charge in [0.25, 0.3) is 0 Å². The van der Waals surface area contributed by atoms with E-state index in [9.17, 15) is 0 Å². The summed E-state index contributed by atoms with van der Waals surface area (Å²) in [5, 5.41) is 2.51. The highest BCUT2D eigenvalue weighted by Crippen LogP contribution is 2.33. The van der Waals surface area contributed by atoms with E-state index >= 15 is 0 Å². The molecule has 0 atom stereocenters. The average Bonchev–Trinajstić information content (AvgIpc) is 2.91. The van der Waals surface area contributed by atoms with E-state index in [2.05, 4.69) is 35.2 Å². The van der Waals surface area contributed by atoms with Crippen LogP contribution in [0.5, 0.6) is 5.75 Å². The summed E-state index contributed by atoms with van der Waals surface area (Å²) in [6.45, 7) is 2.35. The zero-order chi connectivity index (χ0) is 11.7. The lowest BCUT2D eigenvalue weighted by molar-refractivity contribution is 0.420. The fourth-order valence-corrected chi connectivity index (χ4v) is 2.68. The molecule has 0 aromatic heterocycles. The third kappa shape index (κ3) is 1.74. The van der Waals surface area contributed by atoms with Crippen LogP contribution < -0.4 is 9.64 Å². The van der Waals surface area contributed by atoms with Crippen LogP contribution in [0.1, 0.15) is 12.8 Å². The van der Waals surface area contributed by atoms with Gasteiger partial charge >= 0.3 is 0 Å². The first-order valence-corrected chi connectivity index (χ1v) is 6.21. The summed E-state index contributed by atoms with van der Waals surface area (Å²) in [7, 11) is 1.73. The van der Waals surface area contributed by atoms with Crippen molar-refractivity contribution in [1.82, 2.24) is 0 Å². The SMILES string of the molecule is COc1cccc2c(N3CCCC3)cccc12. The summed E-state index contributed by atoms with van der Waals surface area (Å²) < 4.78 is 5.43. The molecule has 0 saturated carbocycles. The summed E-state index contributed by atoms with van der Waals surface area (Å²) in [5.74, 6) is 0.962. The maximum Gasteiger partial charge on any atom is 0.126 e. The van der Waals surface area contributed by atoms with Crippen LogP contribution in [0.2, 0.25) is 0 Å². The van der Waals surface area contributed by atoms with Crippen molar-refractivity contribution in [2.45, 2.75) is 12.8 Å². The molecule has 2 nitrogen and oxygen atoms in total. The Morgan fingerprint density at radius 3 is 2.41 bits per heavy atom. The van der Waals surface area contributed by atoms with Gasteiger partial charge in [-0.25, -0.2) is 0 Å². The molecule has 0 amide bonds. The Morgan fingerprint density at radius 2 is 1.65 bits per heavy atom. The fraction of sp³-hybridized carbons (Fsp3) is 0.333. The molecule has 1 saturated heterocycles. The van der Waals surface area contributed by atoms with Gasteiger partial charge in [0.15, 0.2) is 0 Å². The number of fused-ring (bicyclic) bond motifs is 1. The van der Waals surface area contributed by atoms with Crippen LogP contribution in [0.3, 0.4) is 0 Å². The first-order chi connectivity index (χ1) is 8.40. The molecule has 1 heterocycles. The zero-order valence-corrected chi connectivity index (χ0v) is 10.1. The molecule has 17 heavy (non-hydrogen) atoms. The van der Waals surface area contributed by atoms with Crippen molar-refractivity contribution < 1.29 is 4.74 Å². The van der Waals surface area contributed by atoms with Crippen molar-refractivity contribution in [3.05, 3.63) is 36.4 Å². The molecule has 2 aromatic rings. The number of ether oxygens (including phenoxy) is 1. The van der Waals surface area contributed by atoms with E-state index in [0.717, 1.165) is 5.75 Å². The number of anilines is 1. The summed E-state index contributed by atoms with van der Waals surface area (Å²) in [5.41, 5.74) is 1.35. The number of nitrogens with zero attached hydrogens (tertiary/aromatic N) is 1. The second-order valence-corrected chi connectivity index (χ2v) is 4.53. The first kappa shape index (κ1) is 10.5. The molecular weight excluding hydrogens is 210 g/mol. The summed E-state index contributed by atoms with van der Waals surface area (Å²) in [6.07, 6.45) is 2.61. The number of rotatable bonds is 2. The Kier molecular flexibility index (Phi) is 2.63. The molecule has 0 radical (unpaired) electrons. The Morgan fingerprint density at radius 1 is 0.941 bits per heavy atom. The van der Waals surface area contributed by atoms with Crippen molar-refractivity contribution in [1.29, 1.82) is 0 Å². The van der Waals surface area contributed by atoms with Crippen molar-refractivity contribution in [3.63, 3.8) is 0 Å². The lowest BCUT2D eigenvalue weighted by Gasteiger charge is -2.20. The molecule has 0 spiro atoms. The van der Waals surface area contributed by atoms with Crippen LogP contribution in [0.15, 0.2) is 36.4 Å². The topological polar surface area (TPSA) is 12.5 Å². The average molecular weight is 227 g/mol. The van der Waals surface area contributed by atoms with Crippen LogP contribution in [0.4, 0.5) is 5.69 Å². The van der Waals surface area contributed by atoms with E-state index in [1.54, 1.807) is 7.11 Å². The van der Waals surface area contributed by atoms with E-state index < -0.39 is 0 Å². The molecule has 0 bridgehead atoms. The van der Waals surface area contributed by atoms with Crippen molar-refractivity contribution in [2.24, 2.45) is 0 Å². The minimum absolute atomic E-state index is 0.962. The molecule has 1 aliphatic heterocycles. The Hall–Kier alpha value is -1.70. The van der Waals surface area contributed by atoms with Gasteiger partial charge in [0.2, 0.25) is 0 Å². The highest BCUT2D eigenvalue weighted by atomic mass is 16.5. The van der Waals surface area contributed by atoms with E-state index in [0.29, 0.717) is 0 Å². The minimum Gasteiger partial charge on any atom is -0.496 e. The Balaban J connectivity index is 2.18. The van der Waals surface area contributed by atoms with Gasteiger partial charge in [-0.1, -0.05) is 24.3 Å². The third-order valence-electron chi connectivity index (χ3n) is 3.53. The molecule has 3 rings (SSSR count). The Labute approximate surface area is 102 Å². The van der Waals surface area contributed by atoms with Gasteiger partial charge < -0.3 is 9.64 Å².